The third-order valence-electron chi connectivity index (χ3n) is 1.53. The molecule has 68 valence electrons. The van der Waals surface area contributed by atoms with Crippen LogP contribution in [0, 0.1) is 0 Å². The molecule has 0 spiro atoms. The second-order valence-electron chi connectivity index (χ2n) is 2.41. The van der Waals surface area contributed by atoms with Gasteiger partial charge in [-0.25, -0.2) is 0 Å². The summed E-state index contributed by atoms with van der Waals surface area (Å²) in [5.41, 5.74) is 1.12. The zero-order valence-corrected chi connectivity index (χ0v) is 7.91. The average molecular weight is 197 g/mol. The maximum Gasteiger partial charge on any atom is 0.256 e. The molecule has 0 aromatic heterocycles. The lowest BCUT2D eigenvalue weighted by atomic mass is 10.1. The van der Waals surface area contributed by atoms with E-state index in [9.17, 15) is 4.79 Å². The van der Waals surface area contributed by atoms with E-state index in [2.05, 4.69) is 0 Å². The Hall–Kier alpha value is -1.28. The van der Waals surface area contributed by atoms with Crippen LogP contribution >= 0.6 is 11.6 Å². The average Bonchev–Trinajstić information content (AvgIpc) is 2.15. The van der Waals surface area contributed by atoms with Crippen molar-refractivity contribution in [2.75, 3.05) is 7.11 Å². The number of halogens is 1. The molecule has 0 heterocycles. The number of benzene rings is 1. The minimum absolute atomic E-state index is 0.366. The van der Waals surface area contributed by atoms with Crippen LogP contribution in [-0.2, 0) is 9.53 Å². The molecule has 0 aliphatic heterocycles. The Labute approximate surface area is 81.8 Å². The van der Waals surface area contributed by atoms with Gasteiger partial charge < -0.3 is 4.74 Å². The normalized spacial score (nSPS) is 11.1. The lowest BCUT2D eigenvalue weighted by Gasteiger charge is -2.00. The summed E-state index contributed by atoms with van der Waals surface area (Å²) < 4.78 is 4.75. The van der Waals surface area contributed by atoms with Crippen LogP contribution in [0.25, 0.3) is 5.57 Å². The summed E-state index contributed by atoms with van der Waals surface area (Å²) in [5, 5.41) is -0.520. The van der Waals surface area contributed by atoms with Crippen molar-refractivity contribution in [1.29, 1.82) is 0 Å². The van der Waals surface area contributed by atoms with E-state index >= 15 is 0 Å². The van der Waals surface area contributed by atoms with Crippen LogP contribution in [-0.4, -0.2) is 12.4 Å². The maximum atomic E-state index is 11.0. The molecule has 0 saturated carbocycles. The summed E-state index contributed by atoms with van der Waals surface area (Å²) in [7, 11) is 1.47. The molecule has 0 fully saturated rings. The number of carbonyl (C=O) groups excluding carboxylic acids is 1. The van der Waals surface area contributed by atoms with E-state index in [4.69, 9.17) is 16.3 Å². The van der Waals surface area contributed by atoms with E-state index in [0.29, 0.717) is 5.57 Å². The highest BCUT2D eigenvalue weighted by Gasteiger charge is 2.08. The first kappa shape index (κ1) is 9.81. The van der Waals surface area contributed by atoms with Gasteiger partial charge in [0.15, 0.2) is 0 Å². The molecule has 1 aromatic rings. The molecule has 1 rings (SSSR count). The zero-order valence-electron chi connectivity index (χ0n) is 7.16. The molecule has 0 saturated heterocycles. The first-order valence-electron chi connectivity index (χ1n) is 3.74. The van der Waals surface area contributed by atoms with E-state index < -0.39 is 5.24 Å². The maximum absolute atomic E-state index is 11.0. The standard InChI is InChI=1S/C10H9ClO2/c1-13-7-9(10(11)12)8-5-3-2-4-6-8/h2-7H,1H3. The second kappa shape index (κ2) is 4.67. The molecule has 0 aliphatic rings. The highest BCUT2D eigenvalue weighted by molar-refractivity contribution is 6.74. The fourth-order valence-electron chi connectivity index (χ4n) is 0.963. The van der Waals surface area contributed by atoms with Gasteiger partial charge in [-0.2, -0.15) is 0 Å². The lowest BCUT2D eigenvalue weighted by molar-refractivity contribution is -0.107. The summed E-state index contributed by atoms with van der Waals surface area (Å²) in [6, 6.07) is 9.13. The Morgan fingerprint density at radius 1 is 1.38 bits per heavy atom. The lowest BCUT2D eigenvalue weighted by Crippen LogP contribution is -1.93. The Bertz CT molecular complexity index is 317. The molecule has 3 heteroatoms. The fourth-order valence-corrected chi connectivity index (χ4v) is 1.12. The Morgan fingerprint density at radius 2 is 2.00 bits per heavy atom. The van der Waals surface area contributed by atoms with Crippen LogP contribution in [0.2, 0.25) is 0 Å². The Morgan fingerprint density at radius 3 is 2.46 bits per heavy atom. The van der Waals surface area contributed by atoms with Gasteiger partial charge in [-0.15, -0.1) is 0 Å². The summed E-state index contributed by atoms with van der Waals surface area (Å²) in [6.07, 6.45) is 1.34. The number of allylic oxidation sites excluding steroid dienone is 1. The van der Waals surface area contributed by atoms with Gasteiger partial charge in [0.05, 0.1) is 18.9 Å². The molecule has 13 heavy (non-hydrogen) atoms. The third kappa shape index (κ3) is 2.60. The highest BCUT2D eigenvalue weighted by Crippen LogP contribution is 2.16. The molecule has 0 unspecified atom stereocenters. The topological polar surface area (TPSA) is 26.3 Å². The van der Waals surface area contributed by atoms with Gasteiger partial charge in [0.2, 0.25) is 0 Å². The number of ether oxygens (including phenoxy) is 1. The van der Waals surface area contributed by atoms with Crippen LogP contribution in [0.1, 0.15) is 5.56 Å². The molecular formula is C10H9ClO2. The number of hydrogen-bond acceptors (Lipinski definition) is 2. The van der Waals surface area contributed by atoms with Crippen LogP contribution in [0.3, 0.4) is 0 Å². The third-order valence-corrected chi connectivity index (χ3v) is 1.74. The summed E-state index contributed by atoms with van der Waals surface area (Å²) in [4.78, 5) is 11.0. The number of rotatable bonds is 3. The van der Waals surface area contributed by atoms with Crippen molar-refractivity contribution in [3.63, 3.8) is 0 Å². The van der Waals surface area contributed by atoms with Crippen LogP contribution < -0.4 is 0 Å². The summed E-state index contributed by atoms with van der Waals surface area (Å²) >= 11 is 5.37. The Kier molecular flexibility index (Phi) is 3.53. The number of carbonyl (C=O) groups is 1. The van der Waals surface area contributed by atoms with E-state index in [1.807, 2.05) is 18.2 Å². The monoisotopic (exact) mass is 196 g/mol. The van der Waals surface area contributed by atoms with Crippen molar-refractivity contribution in [1.82, 2.24) is 0 Å². The van der Waals surface area contributed by atoms with Gasteiger partial charge >= 0.3 is 0 Å². The SMILES string of the molecule is COC=C(C(=O)Cl)c1ccccc1. The Balaban J connectivity index is 3.03. The van der Waals surface area contributed by atoms with E-state index in [1.165, 1.54) is 13.4 Å². The predicted molar refractivity (Wildman–Crippen MR) is 52.3 cm³/mol. The van der Waals surface area contributed by atoms with Gasteiger partial charge in [-0.1, -0.05) is 30.3 Å². The predicted octanol–water partition coefficient (Wildman–Crippen LogP) is 2.44. The van der Waals surface area contributed by atoms with Crippen molar-refractivity contribution in [3.8, 4) is 0 Å². The first-order chi connectivity index (χ1) is 6.25. The van der Waals surface area contributed by atoms with E-state index in [0.717, 1.165) is 5.56 Å². The molecule has 0 aliphatic carbocycles. The van der Waals surface area contributed by atoms with E-state index in [1.54, 1.807) is 12.1 Å². The number of hydrogen-bond donors (Lipinski definition) is 0. The van der Waals surface area contributed by atoms with Gasteiger partial charge in [0, 0.05) is 0 Å². The van der Waals surface area contributed by atoms with Crippen molar-refractivity contribution in [2.24, 2.45) is 0 Å². The largest absolute Gasteiger partial charge is 0.504 e. The second-order valence-corrected chi connectivity index (χ2v) is 2.75. The minimum atomic E-state index is -0.520. The molecule has 0 atom stereocenters. The van der Waals surface area contributed by atoms with Crippen molar-refractivity contribution >= 4 is 22.4 Å². The highest BCUT2D eigenvalue weighted by atomic mass is 35.5. The van der Waals surface area contributed by atoms with Crippen molar-refractivity contribution < 1.29 is 9.53 Å². The zero-order chi connectivity index (χ0) is 9.68. The summed E-state index contributed by atoms with van der Waals surface area (Å²) in [5.74, 6) is 0. The van der Waals surface area contributed by atoms with Crippen LogP contribution in [0.4, 0.5) is 0 Å². The molecule has 0 N–H and O–H groups in total. The van der Waals surface area contributed by atoms with Crippen LogP contribution in [0.15, 0.2) is 36.6 Å². The van der Waals surface area contributed by atoms with E-state index in [-0.39, 0.29) is 0 Å². The molecule has 1 aromatic carbocycles. The molecule has 0 amide bonds. The van der Waals surface area contributed by atoms with Gasteiger partial charge in [0.1, 0.15) is 0 Å². The van der Waals surface area contributed by atoms with Crippen LogP contribution in [0.5, 0.6) is 0 Å². The first-order valence-corrected chi connectivity index (χ1v) is 4.11. The number of methoxy groups -OCH3 is 1. The van der Waals surface area contributed by atoms with Crippen molar-refractivity contribution in [2.45, 2.75) is 0 Å². The molecule has 0 bridgehead atoms. The molecular weight excluding hydrogens is 188 g/mol. The smallest absolute Gasteiger partial charge is 0.256 e. The van der Waals surface area contributed by atoms with Gasteiger partial charge in [0.25, 0.3) is 5.24 Å². The quantitative estimate of drug-likeness (QED) is 0.422. The minimum Gasteiger partial charge on any atom is -0.504 e. The fraction of sp³-hybridized carbons (Fsp3) is 0.100. The molecule has 0 radical (unpaired) electrons. The molecule has 2 nitrogen and oxygen atoms in total. The van der Waals surface area contributed by atoms with Gasteiger partial charge in [-0.05, 0) is 17.2 Å². The summed E-state index contributed by atoms with van der Waals surface area (Å²) in [6.45, 7) is 0. The van der Waals surface area contributed by atoms with Gasteiger partial charge in [-0.3, -0.25) is 4.79 Å². The van der Waals surface area contributed by atoms with Crippen molar-refractivity contribution in [3.05, 3.63) is 42.2 Å².